The quantitative estimate of drug-likeness (QED) is 0.331. The number of azo groups is 2. The van der Waals surface area contributed by atoms with Crippen molar-refractivity contribution in [3.8, 4) is 0 Å². The predicted octanol–water partition coefficient (Wildman–Crippen LogP) is 5.77. The van der Waals surface area contributed by atoms with Crippen LogP contribution in [0, 0.1) is 20.8 Å². The highest BCUT2D eigenvalue weighted by Crippen LogP contribution is 2.36. The van der Waals surface area contributed by atoms with E-state index in [9.17, 15) is 0 Å². The van der Waals surface area contributed by atoms with Crippen molar-refractivity contribution >= 4 is 45.5 Å². The largest absolute Gasteiger partial charge is 0.398 e. The van der Waals surface area contributed by atoms with Crippen LogP contribution in [0.2, 0.25) is 0 Å². The minimum absolute atomic E-state index is 0.456. The van der Waals surface area contributed by atoms with E-state index in [1.165, 1.54) is 0 Å². The molecule has 0 saturated carbocycles. The van der Waals surface area contributed by atoms with Gasteiger partial charge in [-0.05, 0) is 67.8 Å². The fraction of sp³-hybridized carbons (Fsp3) is 0.143. The van der Waals surface area contributed by atoms with Crippen molar-refractivity contribution in [2.75, 3.05) is 22.9 Å². The highest BCUT2D eigenvalue weighted by atomic mass is 15.2. The van der Waals surface area contributed by atoms with Crippen LogP contribution in [0.1, 0.15) is 16.7 Å². The smallest absolute Gasteiger partial charge is 0.116 e. The van der Waals surface area contributed by atoms with Crippen LogP contribution in [0.4, 0.5) is 45.5 Å². The molecule has 8 N–H and O–H groups in total. The van der Waals surface area contributed by atoms with Gasteiger partial charge in [-0.3, -0.25) is 0 Å². The molecule has 8 nitrogen and oxygen atoms in total. The lowest BCUT2D eigenvalue weighted by Crippen LogP contribution is -1.93. The summed E-state index contributed by atoms with van der Waals surface area (Å²) in [6.45, 7) is 5.70. The van der Waals surface area contributed by atoms with E-state index >= 15 is 0 Å². The average molecular weight is 388 g/mol. The number of hydrogen-bond acceptors (Lipinski definition) is 8. The summed E-state index contributed by atoms with van der Waals surface area (Å²) in [5.41, 5.74) is 30.8. The Balaban J connectivity index is 1.98. The maximum Gasteiger partial charge on any atom is 0.116 e. The summed E-state index contributed by atoms with van der Waals surface area (Å²) in [6, 6.07) is 12.5. The van der Waals surface area contributed by atoms with Crippen LogP contribution in [-0.4, -0.2) is 0 Å². The second-order valence-corrected chi connectivity index (χ2v) is 6.88. The van der Waals surface area contributed by atoms with Gasteiger partial charge in [0.05, 0.1) is 11.4 Å². The van der Waals surface area contributed by atoms with Gasteiger partial charge in [0.1, 0.15) is 22.7 Å². The minimum atomic E-state index is 0.456. The van der Waals surface area contributed by atoms with Crippen molar-refractivity contribution in [2.45, 2.75) is 20.8 Å². The summed E-state index contributed by atoms with van der Waals surface area (Å²) in [5.74, 6) is 0. The maximum atomic E-state index is 6.01. The van der Waals surface area contributed by atoms with Crippen molar-refractivity contribution in [3.05, 3.63) is 59.2 Å². The Labute approximate surface area is 169 Å². The number of anilines is 4. The number of nitrogens with zero attached hydrogens (tertiary/aromatic N) is 4. The third-order valence-corrected chi connectivity index (χ3v) is 4.57. The minimum Gasteiger partial charge on any atom is -0.398 e. The first kappa shape index (κ1) is 19.8. The molecule has 3 aromatic carbocycles. The second-order valence-electron chi connectivity index (χ2n) is 6.88. The number of rotatable bonds is 4. The molecule has 3 aromatic rings. The van der Waals surface area contributed by atoms with E-state index in [-0.39, 0.29) is 0 Å². The Bertz CT molecular complexity index is 1130. The van der Waals surface area contributed by atoms with E-state index < -0.39 is 0 Å². The van der Waals surface area contributed by atoms with Gasteiger partial charge < -0.3 is 22.9 Å². The lowest BCUT2D eigenvalue weighted by molar-refractivity contribution is 1.17. The molecule has 0 fully saturated rings. The van der Waals surface area contributed by atoms with Gasteiger partial charge in [0, 0.05) is 11.4 Å². The van der Waals surface area contributed by atoms with E-state index in [0.29, 0.717) is 45.5 Å². The Hall–Kier alpha value is -3.94. The average Bonchev–Trinajstić information content (AvgIpc) is 2.66. The first-order valence-electron chi connectivity index (χ1n) is 9.00. The summed E-state index contributed by atoms with van der Waals surface area (Å²) in [5, 5.41) is 17.3. The van der Waals surface area contributed by atoms with Gasteiger partial charge in [-0.1, -0.05) is 12.1 Å². The van der Waals surface area contributed by atoms with Gasteiger partial charge in [-0.15, -0.1) is 20.5 Å². The topological polar surface area (TPSA) is 154 Å². The SMILES string of the molecule is Cc1cc(N=Nc2cccc(C)c2N=Nc2cc(C)c(N)cc2N)c(N)cc1N. The summed E-state index contributed by atoms with van der Waals surface area (Å²) in [7, 11) is 0. The van der Waals surface area contributed by atoms with E-state index in [1.54, 1.807) is 24.3 Å². The molecular formula is C21H24N8. The van der Waals surface area contributed by atoms with E-state index in [0.717, 1.165) is 16.7 Å². The molecule has 3 rings (SSSR count). The van der Waals surface area contributed by atoms with Crippen LogP contribution in [0.15, 0.2) is 62.9 Å². The number of nitrogens with two attached hydrogens (primary N) is 4. The lowest BCUT2D eigenvalue weighted by atomic mass is 10.1. The fourth-order valence-electron chi connectivity index (χ4n) is 2.69. The molecule has 29 heavy (non-hydrogen) atoms. The van der Waals surface area contributed by atoms with Gasteiger partial charge in [-0.25, -0.2) is 0 Å². The van der Waals surface area contributed by atoms with Gasteiger partial charge in [0.15, 0.2) is 0 Å². The van der Waals surface area contributed by atoms with Crippen LogP contribution in [0.5, 0.6) is 0 Å². The molecule has 0 amide bonds. The molecule has 8 heteroatoms. The van der Waals surface area contributed by atoms with Gasteiger partial charge in [-0.2, -0.15) is 0 Å². The third-order valence-electron chi connectivity index (χ3n) is 4.57. The highest BCUT2D eigenvalue weighted by molar-refractivity contribution is 5.72. The van der Waals surface area contributed by atoms with Crippen molar-refractivity contribution in [3.63, 3.8) is 0 Å². The van der Waals surface area contributed by atoms with Crippen LogP contribution in [0.25, 0.3) is 0 Å². The van der Waals surface area contributed by atoms with Crippen LogP contribution < -0.4 is 22.9 Å². The molecule has 0 heterocycles. The van der Waals surface area contributed by atoms with Gasteiger partial charge in [0.2, 0.25) is 0 Å². The summed E-state index contributed by atoms with van der Waals surface area (Å²) < 4.78 is 0. The van der Waals surface area contributed by atoms with Gasteiger partial charge >= 0.3 is 0 Å². The predicted molar refractivity (Wildman–Crippen MR) is 120 cm³/mol. The summed E-state index contributed by atoms with van der Waals surface area (Å²) >= 11 is 0. The van der Waals surface area contributed by atoms with E-state index in [4.69, 9.17) is 22.9 Å². The second kappa shape index (κ2) is 7.97. The standard InChI is InChI=1S/C21H24N8/c1-11-5-4-6-18(26-27-19-7-12(2)14(22)9-16(19)24)21(11)29-28-20-8-13(3)15(23)10-17(20)25/h4-10H,22-25H2,1-3H3. The number of aryl methyl sites for hydroxylation is 3. The Morgan fingerprint density at radius 3 is 1.55 bits per heavy atom. The Kier molecular flexibility index (Phi) is 5.45. The summed E-state index contributed by atoms with van der Waals surface area (Å²) in [6.07, 6.45) is 0. The number of nitrogen functional groups attached to an aromatic ring is 4. The first-order chi connectivity index (χ1) is 13.8. The molecule has 0 spiro atoms. The van der Waals surface area contributed by atoms with Gasteiger partial charge in [0.25, 0.3) is 0 Å². The monoisotopic (exact) mass is 388 g/mol. The molecule has 148 valence electrons. The molecular weight excluding hydrogens is 364 g/mol. The Morgan fingerprint density at radius 1 is 0.517 bits per heavy atom. The lowest BCUT2D eigenvalue weighted by Gasteiger charge is -2.06. The number of hydrogen-bond donors (Lipinski definition) is 4. The zero-order chi connectivity index (χ0) is 21.1. The Morgan fingerprint density at radius 2 is 1.00 bits per heavy atom. The molecule has 0 bridgehead atoms. The van der Waals surface area contributed by atoms with Crippen LogP contribution in [0.3, 0.4) is 0 Å². The molecule has 0 aliphatic carbocycles. The van der Waals surface area contributed by atoms with Crippen molar-refractivity contribution < 1.29 is 0 Å². The molecule has 0 unspecified atom stereocenters. The normalized spacial score (nSPS) is 11.6. The molecule has 0 aliphatic rings. The zero-order valence-corrected chi connectivity index (χ0v) is 16.6. The van der Waals surface area contributed by atoms with Crippen LogP contribution >= 0.6 is 0 Å². The zero-order valence-electron chi connectivity index (χ0n) is 16.6. The third kappa shape index (κ3) is 4.32. The van der Waals surface area contributed by atoms with Crippen molar-refractivity contribution in [1.82, 2.24) is 0 Å². The molecule has 0 atom stereocenters. The van der Waals surface area contributed by atoms with Crippen LogP contribution in [-0.2, 0) is 0 Å². The fourth-order valence-corrected chi connectivity index (χ4v) is 2.69. The summed E-state index contributed by atoms with van der Waals surface area (Å²) in [4.78, 5) is 0. The molecule has 0 aromatic heterocycles. The van der Waals surface area contributed by atoms with E-state index in [1.807, 2.05) is 39.0 Å². The van der Waals surface area contributed by atoms with Crippen molar-refractivity contribution in [2.24, 2.45) is 20.5 Å². The van der Waals surface area contributed by atoms with Crippen molar-refractivity contribution in [1.29, 1.82) is 0 Å². The molecule has 0 saturated heterocycles. The van der Waals surface area contributed by atoms with E-state index in [2.05, 4.69) is 20.5 Å². The molecule has 0 radical (unpaired) electrons. The highest BCUT2D eigenvalue weighted by Gasteiger charge is 2.08. The number of benzene rings is 3. The molecule has 0 aliphatic heterocycles. The maximum absolute atomic E-state index is 6.01. The first-order valence-corrected chi connectivity index (χ1v) is 9.00.